The van der Waals surface area contributed by atoms with Crippen LogP contribution in [0.25, 0.3) is 0 Å². The normalized spacial score (nSPS) is 13.9. The van der Waals surface area contributed by atoms with Crippen molar-refractivity contribution in [2.45, 2.75) is 200 Å². The zero-order valence-corrected chi connectivity index (χ0v) is 35.2. The Morgan fingerprint density at radius 2 is 1.02 bits per heavy atom. The molecule has 2 unspecified atom stereocenters. The fraction of sp³-hybridized carbons (Fsp3) is 0.929. The van der Waals surface area contributed by atoms with Gasteiger partial charge in [-0.1, -0.05) is 161 Å². The summed E-state index contributed by atoms with van der Waals surface area (Å²) in [6.45, 7) is 5.38. The molecule has 2 atom stereocenters. The Bertz CT molecular complexity index is 833. The molecule has 0 spiro atoms. The first-order valence-corrected chi connectivity index (χ1v) is 22.9. The minimum Gasteiger partial charge on any atom is -0.756 e. The molecule has 0 N–H and O–H groups in total. The van der Waals surface area contributed by atoms with Gasteiger partial charge in [-0.25, -0.2) is 0 Å². The van der Waals surface area contributed by atoms with Crippen LogP contribution >= 0.6 is 7.82 Å². The zero-order valence-electron chi connectivity index (χ0n) is 34.3. The summed E-state index contributed by atoms with van der Waals surface area (Å²) in [6, 6.07) is 0. The Labute approximate surface area is 316 Å². The third-order valence-corrected chi connectivity index (χ3v) is 10.3. The lowest BCUT2D eigenvalue weighted by Gasteiger charge is -2.28. The minimum absolute atomic E-state index is 0.0286. The summed E-state index contributed by atoms with van der Waals surface area (Å²) in [5, 5.41) is 0. The number of nitrogens with zero attached hydrogens (tertiary/aromatic N) is 1. The summed E-state index contributed by atoms with van der Waals surface area (Å²) in [5.41, 5.74) is 0. The van der Waals surface area contributed by atoms with E-state index in [4.69, 9.17) is 18.5 Å². The number of esters is 1. The molecule has 0 heterocycles. The van der Waals surface area contributed by atoms with E-state index in [0.29, 0.717) is 24.1 Å². The molecule has 0 aromatic rings. The maximum Gasteiger partial charge on any atom is 0.306 e. The molecule has 0 aliphatic heterocycles. The van der Waals surface area contributed by atoms with Gasteiger partial charge in [-0.2, -0.15) is 0 Å². The van der Waals surface area contributed by atoms with Gasteiger partial charge in [-0.15, -0.1) is 0 Å². The van der Waals surface area contributed by atoms with Crippen LogP contribution in [-0.2, 0) is 27.9 Å². The van der Waals surface area contributed by atoms with Crippen molar-refractivity contribution in [1.82, 2.24) is 0 Å². The quantitative estimate of drug-likeness (QED) is 0.0203. The van der Waals surface area contributed by atoms with Crippen LogP contribution in [0, 0.1) is 0 Å². The van der Waals surface area contributed by atoms with E-state index in [1.807, 2.05) is 21.1 Å². The average Bonchev–Trinajstić information content (AvgIpc) is 3.08. The number of phosphoric acid groups is 1. The lowest BCUT2D eigenvalue weighted by molar-refractivity contribution is -0.870. The maximum atomic E-state index is 12.6. The molecule has 0 amide bonds. The predicted molar refractivity (Wildman–Crippen MR) is 213 cm³/mol. The van der Waals surface area contributed by atoms with Gasteiger partial charge in [0.15, 0.2) is 0 Å². The number of carbonyl (C=O) groups is 1. The minimum atomic E-state index is -4.51. The van der Waals surface area contributed by atoms with Crippen molar-refractivity contribution in [1.29, 1.82) is 0 Å². The molecule has 0 aromatic heterocycles. The third kappa shape index (κ3) is 40.3. The van der Waals surface area contributed by atoms with Gasteiger partial charge in [0, 0.05) is 13.0 Å². The summed E-state index contributed by atoms with van der Waals surface area (Å²) < 4.78 is 34.3. The number of hydrogen-bond acceptors (Lipinski definition) is 7. The lowest BCUT2D eigenvalue weighted by Crippen LogP contribution is -2.37. The molecule has 304 valence electrons. The summed E-state index contributed by atoms with van der Waals surface area (Å²) >= 11 is 0. The first-order valence-electron chi connectivity index (χ1n) is 21.4. The molecule has 0 aromatic carbocycles. The van der Waals surface area contributed by atoms with Crippen molar-refractivity contribution in [3.63, 3.8) is 0 Å². The van der Waals surface area contributed by atoms with E-state index in [0.717, 1.165) is 32.1 Å². The monoisotopic (exact) mass is 746 g/mol. The number of carbonyl (C=O) groups excluding carboxylic acids is 1. The van der Waals surface area contributed by atoms with Crippen LogP contribution in [0.3, 0.4) is 0 Å². The number of unbranched alkanes of at least 4 members (excludes halogenated alkanes) is 24. The second kappa shape index (κ2) is 36.2. The Morgan fingerprint density at radius 1 is 0.588 bits per heavy atom. The standard InChI is InChI=1S/C42H84NO7P/c1-6-8-10-12-14-15-16-17-18-19-20-21-22-23-24-25-26-27-28-29-30-31-33-35-42(44)50-41(39-47-37-34-32-13-11-9-7-2)40-49-51(45,46)48-38-36-43(3,4)5/h19-20,41H,6-18,21-40H2,1-5H3/b20-19-. The van der Waals surface area contributed by atoms with Gasteiger partial charge in [0.05, 0.1) is 34.4 Å². The predicted octanol–water partition coefficient (Wildman–Crippen LogP) is 11.6. The molecule has 8 nitrogen and oxygen atoms in total. The van der Waals surface area contributed by atoms with Gasteiger partial charge in [-0.3, -0.25) is 9.36 Å². The van der Waals surface area contributed by atoms with Crippen molar-refractivity contribution in [2.75, 3.05) is 54.1 Å². The fourth-order valence-corrected chi connectivity index (χ4v) is 6.68. The molecular weight excluding hydrogens is 661 g/mol. The van der Waals surface area contributed by atoms with Gasteiger partial charge in [0.2, 0.25) is 0 Å². The number of ether oxygens (including phenoxy) is 2. The molecule has 0 radical (unpaired) electrons. The Morgan fingerprint density at radius 3 is 1.49 bits per heavy atom. The van der Waals surface area contributed by atoms with Gasteiger partial charge >= 0.3 is 5.97 Å². The van der Waals surface area contributed by atoms with E-state index in [9.17, 15) is 14.3 Å². The van der Waals surface area contributed by atoms with E-state index in [1.54, 1.807) is 0 Å². The van der Waals surface area contributed by atoms with Gasteiger partial charge in [0.1, 0.15) is 19.3 Å². The molecule has 9 heteroatoms. The molecule has 0 saturated carbocycles. The molecule has 51 heavy (non-hydrogen) atoms. The fourth-order valence-electron chi connectivity index (χ4n) is 5.95. The Balaban J connectivity index is 3.98. The Kier molecular flexibility index (Phi) is 35.7. The zero-order chi connectivity index (χ0) is 37.7. The van der Waals surface area contributed by atoms with E-state index in [2.05, 4.69) is 26.0 Å². The van der Waals surface area contributed by atoms with Crippen LogP contribution in [0.5, 0.6) is 0 Å². The van der Waals surface area contributed by atoms with Crippen LogP contribution < -0.4 is 4.89 Å². The molecule has 0 rings (SSSR count). The van der Waals surface area contributed by atoms with Crippen LogP contribution in [0.1, 0.15) is 194 Å². The van der Waals surface area contributed by atoms with Crippen molar-refractivity contribution >= 4 is 13.8 Å². The van der Waals surface area contributed by atoms with Crippen molar-refractivity contribution in [3.8, 4) is 0 Å². The van der Waals surface area contributed by atoms with E-state index >= 15 is 0 Å². The number of hydrogen-bond donors (Lipinski definition) is 0. The number of phosphoric ester groups is 1. The molecule has 0 aliphatic carbocycles. The Hall–Kier alpha value is -0.760. The summed E-state index contributed by atoms with van der Waals surface area (Å²) in [5.74, 6) is -0.336. The average molecular weight is 746 g/mol. The SMILES string of the molecule is CCCCCCCCCC/C=C\CCCCCCCCCCCCCC(=O)OC(COCCCCCCCC)COP(=O)([O-])OCC[N+](C)(C)C. The molecular formula is C42H84NO7P. The van der Waals surface area contributed by atoms with Crippen LogP contribution in [-0.4, -0.2) is 70.7 Å². The molecule has 0 bridgehead atoms. The van der Waals surface area contributed by atoms with Crippen molar-refractivity contribution in [2.24, 2.45) is 0 Å². The highest BCUT2D eigenvalue weighted by molar-refractivity contribution is 7.45. The summed E-state index contributed by atoms with van der Waals surface area (Å²) in [7, 11) is 1.36. The first kappa shape index (κ1) is 50.2. The van der Waals surface area contributed by atoms with E-state index in [1.165, 1.54) is 141 Å². The largest absolute Gasteiger partial charge is 0.756 e. The van der Waals surface area contributed by atoms with Crippen molar-refractivity contribution < 1.29 is 37.3 Å². The topological polar surface area (TPSA) is 94.1 Å². The second-order valence-electron chi connectivity index (χ2n) is 15.7. The number of likely N-dealkylation sites (N-methyl/N-ethyl adjacent to an activating group) is 1. The van der Waals surface area contributed by atoms with Crippen LogP contribution in [0.2, 0.25) is 0 Å². The van der Waals surface area contributed by atoms with Crippen LogP contribution in [0.4, 0.5) is 0 Å². The molecule has 0 fully saturated rings. The number of rotatable bonds is 40. The summed E-state index contributed by atoms with van der Waals surface area (Å²) in [4.78, 5) is 24.9. The summed E-state index contributed by atoms with van der Waals surface area (Å²) in [6.07, 6.45) is 38.2. The van der Waals surface area contributed by atoms with Gasteiger partial charge in [-0.05, 0) is 38.5 Å². The highest BCUT2D eigenvalue weighted by atomic mass is 31.2. The van der Waals surface area contributed by atoms with Gasteiger partial charge < -0.3 is 27.9 Å². The third-order valence-electron chi connectivity index (χ3n) is 9.32. The first-order chi connectivity index (χ1) is 24.6. The smallest absolute Gasteiger partial charge is 0.306 e. The van der Waals surface area contributed by atoms with Gasteiger partial charge in [0.25, 0.3) is 7.82 Å². The highest BCUT2D eigenvalue weighted by Gasteiger charge is 2.20. The van der Waals surface area contributed by atoms with E-state index < -0.39 is 13.9 Å². The number of quaternary nitrogens is 1. The maximum absolute atomic E-state index is 12.6. The second-order valence-corrected chi connectivity index (χ2v) is 17.1. The van der Waals surface area contributed by atoms with Crippen LogP contribution in [0.15, 0.2) is 12.2 Å². The molecule has 0 aliphatic rings. The van der Waals surface area contributed by atoms with E-state index in [-0.39, 0.29) is 25.8 Å². The number of allylic oxidation sites excluding steroid dienone is 2. The van der Waals surface area contributed by atoms with Crippen molar-refractivity contribution in [3.05, 3.63) is 12.2 Å². The molecule has 0 saturated heterocycles. The lowest BCUT2D eigenvalue weighted by atomic mass is 10.0. The highest BCUT2D eigenvalue weighted by Crippen LogP contribution is 2.38.